The van der Waals surface area contributed by atoms with Gasteiger partial charge in [0.05, 0.1) is 0 Å². The topological polar surface area (TPSA) is 93.4 Å². The number of hydrogen-bond donors (Lipinski definition) is 3. The number of nitrogens with two attached hydrogens (primary N) is 1. The predicted octanol–water partition coefficient (Wildman–Crippen LogP) is 3.17. The molecule has 6 heteroatoms. The van der Waals surface area contributed by atoms with Crippen molar-refractivity contribution in [2.24, 2.45) is 5.73 Å². The van der Waals surface area contributed by atoms with E-state index in [2.05, 4.69) is 35.9 Å². The van der Waals surface area contributed by atoms with Gasteiger partial charge in [0.15, 0.2) is 0 Å². The third-order valence-electron chi connectivity index (χ3n) is 6.16. The summed E-state index contributed by atoms with van der Waals surface area (Å²) in [5.74, 6) is 1.08. The highest BCUT2D eigenvalue weighted by Crippen LogP contribution is 2.37. The molecule has 36 heavy (non-hydrogen) atoms. The molecule has 1 aliphatic heterocycles. The van der Waals surface area contributed by atoms with Gasteiger partial charge in [-0.25, -0.2) is 0 Å². The van der Waals surface area contributed by atoms with E-state index in [4.69, 9.17) is 10.5 Å². The van der Waals surface area contributed by atoms with Gasteiger partial charge >= 0.3 is 0 Å². The minimum absolute atomic E-state index is 0.148. The molecular weight excluding hydrogens is 450 g/mol. The number of rotatable bonds is 9. The molecule has 1 aliphatic rings. The normalized spacial score (nSPS) is 11.7. The lowest BCUT2D eigenvalue weighted by Gasteiger charge is -2.23. The van der Waals surface area contributed by atoms with E-state index >= 15 is 0 Å². The van der Waals surface area contributed by atoms with Crippen LogP contribution in [0.25, 0.3) is 12.2 Å². The minimum Gasteiger partial charge on any atom is -0.456 e. The number of fused-ring (bicyclic) bond motifs is 2. The van der Waals surface area contributed by atoms with Crippen LogP contribution in [-0.4, -0.2) is 24.9 Å². The molecule has 0 aromatic heterocycles. The average Bonchev–Trinajstić information content (AvgIpc) is 2.82. The summed E-state index contributed by atoms with van der Waals surface area (Å²) in [5, 5.41) is 7.86. The Kier molecular flexibility index (Phi) is 7.25. The fourth-order valence-electron chi connectivity index (χ4n) is 4.30. The van der Waals surface area contributed by atoms with E-state index in [1.54, 1.807) is 0 Å². The Hall–Kier alpha value is -4.32. The molecule has 0 radical (unpaired) electrons. The molecule has 0 aliphatic carbocycles. The first-order chi connectivity index (χ1) is 17.2. The summed E-state index contributed by atoms with van der Waals surface area (Å²) in [4.78, 5) is 23.6. The van der Waals surface area contributed by atoms with Gasteiger partial charge in [-0.15, -0.1) is 0 Å². The van der Waals surface area contributed by atoms with Crippen molar-refractivity contribution in [3.05, 3.63) is 105 Å². The Morgan fingerprint density at radius 1 is 0.889 bits per heavy atom. The van der Waals surface area contributed by atoms with Crippen LogP contribution < -0.4 is 31.5 Å². The number of benzene rings is 3. The lowest BCUT2D eigenvalue weighted by atomic mass is 9.89. The molecule has 6 nitrogen and oxygen atoms in total. The summed E-state index contributed by atoms with van der Waals surface area (Å²) in [6.45, 7) is 12.9. The number of primary amides is 1. The minimum atomic E-state index is -0.365. The molecule has 0 saturated carbocycles. The Morgan fingerprint density at radius 2 is 1.64 bits per heavy atom. The van der Waals surface area contributed by atoms with E-state index in [1.807, 2.05) is 56.3 Å². The van der Waals surface area contributed by atoms with Crippen molar-refractivity contribution in [3.63, 3.8) is 0 Å². The SMILES string of the molecule is C=C(CCNC(=O)c1ccc(C2=c3ccc(=C)cc3Oc3cc(C)ccc32)c(C)c1)NCCC(N)=O. The van der Waals surface area contributed by atoms with E-state index in [9.17, 15) is 9.59 Å². The van der Waals surface area contributed by atoms with Gasteiger partial charge in [0.25, 0.3) is 5.91 Å². The van der Waals surface area contributed by atoms with E-state index in [0.717, 1.165) is 55.5 Å². The summed E-state index contributed by atoms with van der Waals surface area (Å²) in [6, 6.07) is 18.0. The Balaban J connectivity index is 1.56. The molecule has 2 amide bonds. The molecule has 4 rings (SSSR count). The van der Waals surface area contributed by atoms with Gasteiger partial charge in [-0.1, -0.05) is 43.5 Å². The Labute approximate surface area is 211 Å². The van der Waals surface area contributed by atoms with Crippen LogP contribution in [0.4, 0.5) is 0 Å². The third kappa shape index (κ3) is 5.49. The number of nitrogens with one attached hydrogen (secondary N) is 2. The van der Waals surface area contributed by atoms with Crippen LogP contribution in [0.2, 0.25) is 0 Å². The number of aryl methyl sites for hydroxylation is 2. The van der Waals surface area contributed by atoms with Gasteiger partial charge in [0.1, 0.15) is 11.5 Å². The molecule has 0 fully saturated rings. The van der Waals surface area contributed by atoms with Crippen molar-refractivity contribution in [2.75, 3.05) is 13.1 Å². The molecule has 3 aromatic carbocycles. The van der Waals surface area contributed by atoms with Gasteiger partial charge in [-0.3, -0.25) is 9.59 Å². The molecule has 4 N–H and O–H groups in total. The first kappa shape index (κ1) is 24.8. The second-order valence-corrected chi connectivity index (χ2v) is 9.09. The van der Waals surface area contributed by atoms with Crippen LogP contribution in [0.15, 0.2) is 66.9 Å². The van der Waals surface area contributed by atoms with Crippen molar-refractivity contribution in [1.29, 1.82) is 0 Å². The first-order valence-corrected chi connectivity index (χ1v) is 11.9. The molecular formula is C30H31N3O3. The summed E-state index contributed by atoms with van der Waals surface area (Å²) >= 11 is 0. The number of amides is 2. The van der Waals surface area contributed by atoms with Crippen molar-refractivity contribution in [3.8, 4) is 11.5 Å². The first-order valence-electron chi connectivity index (χ1n) is 11.9. The van der Waals surface area contributed by atoms with Crippen LogP contribution >= 0.6 is 0 Å². The fraction of sp³-hybridized carbons (Fsp3) is 0.200. The molecule has 0 atom stereocenters. The van der Waals surface area contributed by atoms with E-state index < -0.39 is 0 Å². The molecule has 3 aromatic rings. The zero-order valence-corrected chi connectivity index (χ0v) is 20.7. The molecule has 184 valence electrons. The number of ether oxygens (including phenoxy) is 1. The maximum absolute atomic E-state index is 12.8. The third-order valence-corrected chi connectivity index (χ3v) is 6.16. The number of carbonyl (C=O) groups excluding carboxylic acids is 2. The van der Waals surface area contributed by atoms with Crippen LogP contribution in [-0.2, 0) is 4.79 Å². The lowest BCUT2D eigenvalue weighted by Crippen LogP contribution is -2.27. The van der Waals surface area contributed by atoms with Crippen molar-refractivity contribution in [2.45, 2.75) is 26.7 Å². The van der Waals surface area contributed by atoms with Crippen molar-refractivity contribution >= 4 is 24.0 Å². The van der Waals surface area contributed by atoms with Gasteiger partial charge in [0, 0.05) is 53.5 Å². The maximum Gasteiger partial charge on any atom is 0.251 e. The largest absolute Gasteiger partial charge is 0.456 e. The molecule has 0 spiro atoms. The highest BCUT2D eigenvalue weighted by Gasteiger charge is 2.21. The second-order valence-electron chi connectivity index (χ2n) is 9.09. The summed E-state index contributed by atoms with van der Waals surface area (Å²) in [5.41, 5.74) is 11.7. The van der Waals surface area contributed by atoms with Crippen LogP contribution in [0, 0.1) is 13.8 Å². The Morgan fingerprint density at radius 3 is 2.39 bits per heavy atom. The lowest BCUT2D eigenvalue weighted by molar-refractivity contribution is -0.117. The van der Waals surface area contributed by atoms with E-state index in [0.29, 0.717) is 25.1 Å². The maximum atomic E-state index is 12.8. The highest BCUT2D eigenvalue weighted by atomic mass is 16.5. The molecule has 0 saturated heterocycles. The van der Waals surface area contributed by atoms with Crippen LogP contribution in [0.5, 0.6) is 11.5 Å². The number of hydrogen-bond acceptors (Lipinski definition) is 4. The van der Waals surface area contributed by atoms with Crippen molar-refractivity contribution in [1.82, 2.24) is 10.6 Å². The highest BCUT2D eigenvalue weighted by molar-refractivity contribution is 5.95. The fourth-order valence-corrected chi connectivity index (χ4v) is 4.30. The van der Waals surface area contributed by atoms with E-state index in [-0.39, 0.29) is 18.2 Å². The predicted molar refractivity (Wildman–Crippen MR) is 143 cm³/mol. The average molecular weight is 482 g/mol. The van der Waals surface area contributed by atoms with Gasteiger partial charge in [-0.2, -0.15) is 0 Å². The summed E-state index contributed by atoms with van der Waals surface area (Å²) < 4.78 is 6.23. The quantitative estimate of drug-likeness (QED) is 0.342. The van der Waals surface area contributed by atoms with Gasteiger partial charge in [-0.05, 0) is 60.0 Å². The standard InChI is InChI=1S/C30H31N3O3/c1-18-5-8-24-26(15-18)36-27-16-19(2)6-9-25(27)29(24)23-10-7-22(17-20(23)3)30(35)33-13-11-21(4)32-14-12-28(31)34/h5-10,15-17,32H,1,4,11-14H2,2-3H3,(H2,31,34)(H,33,35). The van der Waals surface area contributed by atoms with Crippen LogP contribution in [0.1, 0.15) is 45.5 Å². The van der Waals surface area contributed by atoms with Crippen LogP contribution in [0.3, 0.4) is 0 Å². The zero-order chi connectivity index (χ0) is 25.8. The van der Waals surface area contributed by atoms with Gasteiger partial charge in [0.2, 0.25) is 5.91 Å². The monoisotopic (exact) mass is 481 g/mol. The van der Waals surface area contributed by atoms with E-state index in [1.165, 1.54) is 0 Å². The Bertz CT molecular complexity index is 1470. The summed E-state index contributed by atoms with van der Waals surface area (Å²) in [6.07, 6.45) is 0.800. The molecule has 0 unspecified atom stereocenters. The molecule has 0 bridgehead atoms. The second kappa shape index (κ2) is 10.5. The van der Waals surface area contributed by atoms with Crippen molar-refractivity contribution < 1.29 is 14.3 Å². The zero-order valence-electron chi connectivity index (χ0n) is 20.7. The summed E-state index contributed by atoms with van der Waals surface area (Å²) in [7, 11) is 0. The number of carbonyl (C=O) groups is 2. The van der Waals surface area contributed by atoms with Gasteiger partial charge < -0.3 is 21.1 Å². The molecule has 1 heterocycles. The smallest absolute Gasteiger partial charge is 0.251 e.